The molecule has 7 nitrogen and oxygen atoms in total. The molecule has 8 heteroatoms. The van der Waals surface area contributed by atoms with Crippen LogP contribution in [-0.2, 0) is 9.59 Å². The van der Waals surface area contributed by atoms with Gasteiger partial charge in [0.05, 0.1) is 17.1 Å². The van der Waals surface area contributed by atoms with E-state index in [0.29, 0.717) is 11.5 Å². The van der Waals surface area contributed by atoms with Gasteiger partial charge in [-0.1, -0.05) is 12.1 Å². The number of benzene rings is 1. The van der Waals surface area contributed by atoms with E-state index in [1.807, 2.05) is 24.3 Å². The smallest absolute Gasteiger partial charge is 0.238 e. The number of hydrogen-bond acceptors (Lipinski definition) is 5. The molecule has 24 heavy (non-hydrogen) atoms. The largest absolute Gasteiger partial charge is 0.324 e. The average molecular weight is 339 g/mol. The van der Waals surface area contributed by atoms with E-state index in [4.69, 9.17) is 0 Å². The van der Waals surface area contributed by atoms with Crippen LogP contribution in [0.2, 0.25) is 0 Å². The molecule has 120 valence electrons. The number of anilines is 2. The molecule has 0 fully saturated rings. The minimum Gasteiger partial charge on any atom is -0.324 e. The first-order valence-electron chi connectivity index (χ1n) is 7.36. The predicted octanol–water partition coefficient (Wildman–Crippen LogP) is 2.17. The molecule has 3 heterocycles. The molecule has 0 saturated carbocycles. The Balaban J connectivity index is 1.49. The summed E-state index contributed by atoms with van der Waals surface area (Å²) in [5.41, 5.74) is 1.43. The maximum absolute atomic E-state index is 12.3. The first-order valence-corrected chi connectivity index (χ1v) is 8.24. The van der Waals surface area contributed by atoms with E-state index in [2.05, 4.69) is 20.7 Å². The Labute approximate surface area is 141 Å². The number of aromatic nitrogens is 3. The van der Waals surface area contributed by atoms with E-state index in [1.165, 1.54) is 11.8 Å². The Morgan fingerprint density at radius 3 is 3.04 bits per heavy atom. The summed E-state index contributed by atoms with van der Waals surface area (Å²) < 4.78 is 1.54. The molecular weight excluding hydrogens is 326 g/mol. The normalized spacial score (nSPS) is 16.5. The van der Waals surface area contributed by atoms with Crippen molar-refractivity contribution in [3.05, 3.63) is 48.8 Å². The topological polar surface area (TPSA) is 88.4 Å². The number of rotatable bonds is 3. The molecule has 0 radical (unpaired) electrons. The zero-order valence-corrected chi connectivity index (χ0v) is 13.3. The molecule has 1 unspecified atom stereocenters. The van der Waals surface area contributed by atoms with Gasteiger partial charge in [0.25, 0.3) is 0 Å². The van der Waals surface area contributed by atoms with E-state index >= 15 is 0 Å². The van der Waals surface area contributed by atoms with Crippen LogP contribution in [0.25, 0.3) is 5.65 Å². The molecule has 2 N–H and O–H groups in total. The number of nitrogens with zero attached hydrogens (tertiary/aromatic N) is 3. The lowest BCUT2D eigenvalue weighted by Crippen LogP contribution is -2.32. The molecule has 1 atom stereocenters. The fraction of sp³-hybridized carbons (Fsp3) is 0.125. The number of fused-ring (bicyclic) bond motifs is 2. The highest BCUT2D eigenvalue weighted by molar-refractivity contribution is 8.01. The van der Waals surface area contributed by atoms with E-state index < -0.39 is 5.25 Å². The van der Waals surface area contributed by atoms with Crippen LogP contribution >= 0.6 is 11.8 Å². The van der Waals surface area contributed by atoms with Crippen molar-refractivity contribution in [3.8, 4) is 0 Å². The van der Waals surface area contributed by atoms with Crippen molar-refractivity contribution in [2.75, 3.05) is 10.6 Å². The molecule has 1 aliphatic heterocycles. The fourth-order valence-electron chi connectivity index (χ4n) is 2.52. The standard InChI is InChI=1S/C16H13N5O2S/c22-15(20-14-5-7-17-13-6-8-18-21(13)14)9-12-16(23)19-10-3-1-2-4-11(10)24-12/h1-8,12H,9H2,(H,19,23)(H,20,22). The number of thioether (sulfide) groups is 1. The lowest BCUT2D eigenvalue weighted by Gasteiger charge is -2.23. The van der Waals surface area contributed by atoms with E-state index in [0.717, 1.165) is 10.6 Å². The predicted molar refractivity (Wildman–Crippen MR) is 91.0 cm³/mol. The Kier molecular flexibility index (Phi) is 3.66. The second kappa shape index (κ2) is 5.97. The van der Waals surface area contributed by atoms with Gasteiger partial charge in [0, 0.05) is 23.6 Å². The summed E-state index contributed by atoms with van der Waals surface area (Å²) in [6.07, 6.45) is 3.29. The van der Waals surface area contributed by atoms with Crippen molar-refractivity contribution in [1.29, 1.82) is 0 Å². The van der Waals surface area contributed by atoms with Gasteiger partial charge in [-0.15, -0.1) is 11.8 Å². The van der Waals surface area contributed by atoms with Crippen molar-refractivity contribution in [1.82, 2.24) is 14.6 Å². The molecule has 0 bridgehead atoms. The van der Waals surface area contributed by atoms with Crippen molar-refractivity contribution < 1.29 is 9.59 Å². The Morgan fingerprint density at radius 2 is 2.12 bits per heavy atom. The van der Waals surface area contributed by atoms with Crippen LogP contribution in [-0.4, -0.2) is 31.7 Å². The molecular formula is C16H13N5O2S. The van der Waals surface area contributed by atoms with Crippen molar-refractivity contribution >= 4 is 40.7 Å². The lowest BCUT2D eigenvalue weighted by molar-refractivity contribution is -0.120. The van der Waals surface area contributed by atoms with Crippen LogP contribution in [0.5, 0.6) is 0 Å². The molecule has 0 spiro atoms. The summed E-state index contributed by atoms with van der Waals surface area (Å²) >= 11 is 1.40. The maximum Gasteiger partial charge on any atom is 0.238 e. The van der Waals surface area contributed by atoms with E-state index in [1.54, 1.807) is 29.0 Å². The third-order valence-electron chi connectivity index (χ3n) is 3.64. The van der Waals surface area contributed by atoms with E-state index in [9.17, 15) is 9.59 Å². The number of carbonyl (C=O) groups is 2. The van der Waals surface area contributed by atoms with Gasteiger partial charge in [-0.3, -0.25) is 9.59 Å². The number of para-hydroxylation sites is 1. The average Bonchev–Trinajstić information content (AvgIpc) is 3.05. The number of amides is 2. The summed E-state index contributed by atoms with van der Waals surface area (Å²) in [6, 6.07) is 11.0. The highest BCUT2D eigenvalue weighted by Gasteiger charge is 2.28. The quantitative estimate of drug-likeness (QED) is 0.763. The summed E-state index contributed by atoms with van der Waals surface area (Å²) in [5, 5.41) is 9.28. The van der Waals surface area contributed by atoms with Gasteiger partial charge in [-0.2, -0.15) is 9.61 Å². The second-order valence-electron chi connectivity index (χ2n) is 5.28. The third kappa shape index (κ3) is 2.71. The molecule has 2 amide bonds. The Morgan fingerprint density at radius 1 is 1.25 bits per heavy atom. The third-order valence-corrected chi connectivity index (χ3v) is 4.91. The molecule has 0 aliphatic carbocycles. The first-order chi connectivity index (χ1) is 11.7. The minimum atomic E-state index is -0.463. The van der Waals surface area contributed by atoms with Crippen LogP contribution in [0.1, 0.15) is 6.42 Å². The lowest BCUT2D eigenvalue weighted by atomic mass is 10.2. The van der Waals surface area contributed by atoms with Gasteiger partial charge in [0.1, 0.15) is 5.82 Å². The summed E-state index contributed by atoms with van der Waals surface area (Å²) in [5.74, 6) is 0.120. The summed E-state index contributed by atoms with van der Waals surface area (Å²) in [7, 11) is 0. The maximum atomic E-state index is 12.3. The molecule has 0 saturated heterocycles. The molecule has 3 aromatic rings. The van der Waals surface area contributed by atoms with Crippen LogP contribution in [0, 0.1) is 0 Å². The minimum absolute atomic E-state index is 0.0793. The highest BCUT2D eigenvalue weighted by Crippen LogP contribution is 2.36. The van der Waals surface area contributed by atoms with Gasteiger partial charge in [0.15, 0.2) is 5.65 Å². The monoisotopic (exact) mass is 339 g/mol. The van der Waals surface area contributed by atoms with Gasteiger partial charge in [-0.25, -0.2) is 4.98 Å². The number of carbonyl (C=O) groups excluding carboxylic acids is 2. The van der Waals surface area contributed by atoms with Crippen molar-refractivity contribution in [3.63, 3.8) is 0 Å². The zero-order valence-electron chi connectivity index (χ0n) is 12.5. The van der Waals surface area contributed by atoms with Crippen molar-refractivity contribution in [2.24, 2.45) is 0 Å². The first kappa shape index (κ1) is 14.7. The second-order valence-corrected chi connectivity index (χ2v) is 6.52. The van der Waals surface area contributed by atoms with Crippen LogP contribution in [0.15, 0.2) is 53.7 Å². The van der Waals surface area contributed by atoms with Gasteiger partial charge < -0.3 is 10.6 Å². The van der Waals surface area contributed by atoms with Gasteiger partial charge in [0.2, 0.25) is 11.8 Å². The van der Waals surface area contributed by atoms with Crippen LogP contribution < -0.4 is 10.6 Å². The van der Waals surface area contributed by atoms with Gasteiger partial charge >= 0.3 is 0 Å². The molecule has 1 aliphatic rings. The van der Waals surface area contributed by atoms with E-state index in [-0.39, 0.29) is 18.2 Å². The molecule has 2 aromatic heterocycles. The molecule has 4 rings (SSSR count). The number of hydrogen-bond donors (Lipinski definition) is 2. The summed E-state index contributed by atoms with van der Waals surface area (Å²) in [6.45, 7) is 0. The highest BCUT2D eigenvalue weighted by atomic mass is 32.2. The fourth-order valence-corrected chi connectivity index (χ4v) is 3.63. The van der Waals surface area contributed by atoms with Crippen molar-refractivity contribution in [2.45, 2.75) is 16.6 Å². The SMILES string of the molecule is O=C(CC1Sc2ccccc2NC1=O)Nc1ccnc2ccnn12. The zero-order chi connectivity index (χ0) is 16.5. The van der Waals surface area contributed by atoms with Crippen LogP contribution in [0.3, 0.4) is 0 Å². The number of nitrogens with one attached hydrogen (secondary N) is 2. The Hall–Kier alpha value is -2.87. The molecule has 1 aromatic carbocycles. The summed E-state index contributed by atoms with van der Waals surface area (Å²) in [4.78, 5) is 29.6. The van der Waals surface area contributed by atoms with Crippen LogP contribution in [0.4, 0.5) is 11.5 Å². The Bertz CT molecular complexity index is 939. The van der Waals surface area contributed by atoms with Gasteiger partial charge in [-0.05, 0) is 18.2 Å².